The van der Waals surface area contributed by atoms with Crippen LogP contribution in [-0.4, -0.2) is 11.4 Å². The lowest BCUT2D eigenvalue weighted by Gasteiger charge is -2.35. The molecular formula is C10H14N2O. The number of rotatable bonds is 2. The summed E-state index contributed by atoms with van der Waals surface area (Å²) in [5.41, 5.74) is 0.383. The fraction of sp³-hybridized carbons (Fsp3) is 0.600. The molecule has 1 amide bonds. The van der Waals surface area contributed by atoms with Crippen molar-refractivity contribution in [1.29, 1.82) is 5.26 Å². The van der Waals surface area contributed by atoms with Gasteiger partial charge in [0.25, 0.3) is 0 Å². The van der Waals surface area contributed by atoms with Gasteiger partial charge < -0.3 is 5.32 Å². The lowest BCUT2D eigenvalue weighted by Crippen LogP contribution is -2.51. The van der Waals surface area contributed by atoms with Crippen molar-refractivity contribution >= 4 is 5.91 Å². The summed E-state index contributed by atoms with van der Waals surface area (Å²) >= 11 is 0. The van der Waals surface area contributed by atoms with E-state index in [1.165, 1.54) is 6.08 Å². The Bertz CT molecular complexity index is 278. The fourth-order valence-electron chi connectivity index (χ4n) is 1.33. The quantitative estimate of drug-likeness (QED) is 0.652. The molecule has 0 aliphatic heterocycles. The maximum atomic E-state index is 11.3. The number of amides is 1. The second-order valence-corrected chi connectivity index (χ2v) is 3.76. The Hall–Kier alpha value is -1.30. The molecule has 1 N–H and O–H groups in total. The van der Waals surface area contributed by atoms with E-state index >= 15 is 0 Å². The van der Waals surface area contributed by atoms with Gasteiger partial charge in [-0.2, -0.15) is 5.26 Å². The minimum atomic E-state index is -0.566. The normalized spacial score (nSPS) is 17.9. The highest BCUT2D eigenvalue weighted by atomic mass is 16.1. The molecule has 0 aromatic rings. The van der Waals surface area contributed by atoms with Crippen LogP contribution in [0.3, 0.4) is 0 Å². The molecule has 0 unspecified atom stereocenters. The maximum Gasteiger partial charge on any atom is 0.245 e. The van der Waals surface area contributed by atoms with Gasteiger partial charge in [-0.15, -0.1) is 0 Å². The minimum absolute atomic E-state index is 0.152. The summed E-state index contributed by atoms with van der Waals surface area (Å²) in [6, 6.07) is 2.16. The lowest BCUT2D eigenvalue weighted by atomic mass is 9.78. The van der Waals surface area contributed by atoms with Crippen LogP contribution in [0.2, 0.25) is 0 Å². The smallest absolute Gasteiger partial charge is 0.245 e. The average Bonchev–Trinajstić information content (AvgIpc) is 1.95. The Morgan fingerprint density at radius 2 is 2.15 bits per heavy atom. The zero-order valence-corrected chi connectivity index (χ0v) is 8.05. The Kier molecular flexibility index (Phi) is 2.72. The van der Waals surface area contributed by atoms with Gasteiger partial charge in [0.2, 0.25) is 5.91 Å². The van der Waals surface area contributed by atoms with Gasteiger partial charge in [0.1, 0.15) is 5.54 Å². The van der Waals surface area contributed by atoms with Gasteiger partial charge in [0.05, 0.1) is 6.07 Å². The lowest BCUT2D eigenvalue weighted by molar-refractivity contribution is -0.118. The van der Waals surface area contributed by atoms with Crippen molar-refractivity contribution in [2.24, 2.45) is 0 Å². The number of hydrogen-bond donors (Lipinski definition) is 1. The number of nitriles is 1. The van der Waals surface area contributed by atoms with Crippen LogP contribution in [0.15, 0.2) is 11.6 Å². The van der Waals surface area contributed by atoms with E-state index < -0.39 is 5.54 Å². The van der Waals surface area contributed by atoms with E-state index in [4.69, 9.17) is 5.26 Å². The summed E-state index contributed by atoms with van der Waals surface area (Å²) in [7, 11) is 0. The van der Waals surface area contributed by atoms with Gasteiger partial charge in [-0.05, 0) is 33.1 Å². The molecule has 1 aliphatic rings. The van der Waals surface area contributed by atoms with Gasteiger partial charge >= 0.3 is 0 Å². The first-order chi connectivity index (χ1) is 6.08. The van der Waals surface area contributed by atoms with Gasteiger partial charge in [-0.25, -0.2) is 0 Å². The molecule has 0 bridgehead atoms. The molecular weight excluding hydrogens is 164 g/mol. The van der Waals surface area contributed by atoms with E-state index in [9.17, 15) is 4.79 Å². The summed E-state index contributed by atoms with van der Waals surface area (Å²) < 4.78 is 0. The van der Waals surface area contributed by atoms with Crippen molar-refractivity contribution in [3.05, 3.63) is 11.6 Å². The van der Waals surface area contributed by atoms with Crippen LogP contribution in [0.25, 0.3) is 0 Å². The molecule has 13 heavy (non-hydrogen) atoms. The molecule has 3 heteroatoms. The highest BCUT2D eigenvalue weighted by molar-refractivity contribution is 5.89. The Balaban J connectivity index is 2.54. The molecule has 3 nitrogen and oxygen atoms in total. The standard InChI is InChI=1S/C10H14N2O/c1-8(2)6-9(13)12-10(7-11)4-3-5-10/h6H,3-5H2,1-2H3,(H,12,13). The second kappa shape index (κ2) is 3.61. The van der Waals surface area contributed by atoms with Crippen LogP contribution in [0.1, 0.15) is 33.1 Å². The first-order valence-corrected chi connectivity index (χ1v) is 4.46. The molecule has 70 valence electrons. The number of carbonyl (C=O) groups excluding carboxylic acids is 1. The third-order valence-corrected chi connectivity index (χ3v) is 2.20. The maximum absolute atomic E-state index is 11.3. The summed E-state index contributed by atoms with van der Waals surface area (Å²) in [6.45, 7) is 3.72. The molecule has 0 radical (unpaired) electrons. The van der Waals surface area contributed by atoms with Crippen molar-refractivity contribution in [2.75, 3.05) is 0 Å². The second-order valence-electron chi connectivity index (χ2n) is 3.76. The Labute approximate surface area is 78.4 Å². The fourth-order valence-corrected chi connectivity index (χ4v) is 1.33. The number of nitrogens with one attached hydrogen (secondary N) is 1. The van der Waals surface area contributed by atoms with E-state index in [0.717, 1.165) is 24.8 Å². The molecule has 0 heterocycles. The van der Waals surface area contributed by atoms with E-state index in [2.05, 4.69) is 11.4 Å². The van der Waals surface area contributed by atoms with Gasteiger partial charge in [-0.1, -0.05) is 5.57 Å². The number of carbonyl (C=O) groups is 1. The molecule has 1 fully saturated rings. The van der Waals surface area contributed by atoms with Crippen LogP contribution in [0, 0.1) is 11.3 Å². The van der Waals surface area contributed by atoms with Crippen molar-refractivity contribution in [3.63, 3.8) is 0 Å². The van der Waals surface area contributed by atoms with E-state index in [0.29, 0.717) is 0 Å². The zero-order chi connectivity index (χ0) is 9.90. The number of allylic oxidation sites excluding steroid dienone is 1. The average molecular weight is 178 g/mol. The molecule has 0 spiro atoms. The molecule has 0 saturated heterocycles. The van der Waals surface area contributed by atoms with E-state index in [1.54, 1.807) is 0 Å². The number of hydrogen-bond acceptors (Lipinski definition) is 2. The van der Waals surface area contributed by atoms with E-state index in [1.807, 2.05) is 13.8 Å². The molecule has 0 aromatic carbocycles. The molecule has 1 saturated carbocycles. The SMILES string of the molecule is CC(C)=CC(=O)NC1(C#N)CCC1. The van der Waals surface area contributed by atoms with Crippen LogP contribution in [0.5, 0.6) is 0 Å². The molecule has 1 rings (SSSR count). The predicted molar refractivity (Wildman–Crippen MR) is 49.8 cm³/mol. The third kappa shape index (κ3) is 2.32. The first kappa shape index (κ1) is 9.79. The molecule has 0 atom stereocenters. The molecule has 0 aromatic heterocycles. The third-order valence-electron chi connectivity index (χ3n) is 2.20. The highest BCUT2D eigenvalue weighted by Crippen LogP contribution is 2.30. The summed E-state index contributed by atoms with van der Waals surface area (Å²) in [4.78, 5) is 11.3. The predicted octanol–water partition coefficient (Wildman–Crippen LogP) is 1.52. The van der Waals surface area contributed by atoms with Gasteiger partial charge in [0.15, 0.2) is 0 Å². The van der Waals surface area contributed by atoms with Gasteiger partial charge in [0, 0.05) is 6.08 Å². The van der Waals surface area contributed by atoms with Gasteiger partial charge in [-0.3, -0.25) is 4.79 Å². The first-order valence-electron chi connectivity index (χ1n) is 4.46. The van der Waals surface area contributed by atoms with Crippen molar-refractivity contribution in [1.82, 2.24) is 5.32 Å². The van der Waals surface area contributed by atoms with E-state index in [-0.39, 0.29) is 5.91 Å². The summed E-state index contributed by atoms with van der Waals surface area (Å²) in [6.07, 6.45) is 4.12. The Morgan fingerprint density at radius 1 is 1.54 bits per heavy atom. The van der Waals surface area contributed by atoms with Crippen molar-refractivity contribution < 1.29 is 4.79 Å². The van der Waals surface area contributed by atoms with Crippen molar-refractivity contribution in [3.8, 4) is 6.07 Å². The Morgan fingerprint density at radius 3 is 2.46 bits per heavy atom. The van der Waals surface area contributed by atoms with Crippen LogP contribution >= 0.6 is 0 Å². The summed E-state index contributed by atoms with van der Waals surface area (Å²) in [5.74, 6) is -0.152. The molecule has 1 aliphatic carbocycles. The number of nitrogens with zero attached hydrogens (tertiary/aromatic N) is 1. The minimum Gasteiger partial charge on any atom is -0.334 e. The largest absolute Gasteiger partial charge is 0.334 e. The summed E-state index contributed by atoms with van der Waals surface area (Å²) in [5, 5.41) is 11.6. The monoisotopic (exact) mass is 178 g/mol. The van der Waals surface area contributed by atoms with Crippen LogP contribution in [0.4, 0.5) is 0 Å². The highest BCUT2D eigenvalue weighted by Gasteiger charge is 2.38. The van der Waals surface area contributed by atoms with Crippen LogP contribution < -0.4 is 5.32 Å². The zero-order valence-electron chi connectivity index (χ0n) is 8.05. The van der Waals surface area contributed by atoms with Crippen LogP contribution in [-0.2, 0) is 4.79 Å². The van der Waals surface area contributed by atoms with Crippen molar-refractivity contribution in [2.45, 2.75) is 38.6 Å². The topological polar surface area (TPSA) is 52.9 Å².